The van der Waals surface area contributed by atoms with Crippen molar-refractivity contribution in [2.45, 2.75) is 69.9 Å². The Morgan fingerprint density at radius 3 is 2.68 bits per heavy atom. The Bertz CT molecular complexity index is 835. The van der Waals surface area contributed by atoms with Crippen molar-refractivity contribution in [3.05, 3.63) is 39.9 Å². The summed E-state index contributed by atoms with van der Waals surface area (Å²) in [5.41, 5.74) is 5.49. The third kappa shape index (κ3) is 2.28. The molecule has 1 saturated carbocycles. The van der Waals surface area contributed by atoms with Gasteiger partial charge in [-0.2, -0.15) is 0 Å². The van der Waals surface area contributed by atoms with Crippen LogP contribution in [0.2, 0.25) is 0 Å². The molecule has 5 nitrogen and oxygen atoms in total. The maximum Gasteiger partial charge on any atom is 0.357 e. The SMILES string of the molecule is O=[N+](O)N1CCn2c3c(c4cc(C5CCCCC5)ccc42)CCCC31. The monoisotopic (exact) mass is 340 g/mol. The van der Waals surface area contributed by atoms with Crippen LogP contribution in [0.3, 0.4) is 0 Å². The average Bonchev–Trinajstić information content (AvgIpc) is 2.98. The van der Waals surface area contributed by atoms with Gasteiger partial charge in [0.2, 0.25) is 0 Å². The molecule has 2 heterocycles. The zero-order chi connectivity index (χ0) is 17.0. The number of aromatic nitrogens is 1. The van der Waals surface area contributed by atoms with Gasteiger partial charge in [0.25, 0.3) is 0 Å². The summed E-state index contributed by atoms with van der Waals surface area (Å²) >= 11 is 0. The first-order chi connectivity index (χ1) is 12.2. The molecule has 1 aromatic carbocycles. The maximum absolute atomic E-state index is 11.6. The molecule has 3 aliphatic rings. The van der Waals surface area contributed by atoms with Gasteiger partial charge in [0.05, 0.1) is 5.69 Å². The van der Waals surface area contributed by atoms with Crippen molar-refractivity contribution in [2.75, 3.05) is 6.54 Å². The maximum atomic E-state index is 11.6. The molecule has 1 aliphatic heterocycles. The molecule has 5 heteroatoms. The molecular formula is C20H26N3O2+. The minimum absolute atomic E-state index is 0.0190. The summed E-state index contributed by atoms with van der Waals surface area (Å²) in [6.45, 7) is 1.34. The standard InChI is InChI=1S/C20H26N3O2/c24-23(25)22-12-11-21-18-10-9-15(14-5-2-1-3-6-14)13-17(18)16-7-4-8-19(22)20(16)21/h9-10,13-14,19H,1-8,11-12H2,(H,24,25)/q+1. The van der Waals surface area contributed by atoms with Crippen molar-refractivity contribution in [1.29, 1.82) is 0 Å². The number of nitrogens with zero attached hydrogens (tertiary/aromatic N) is 3. The first-order valence-corrected chi connectivity index (χ1v) is 9.81. The van der Waals surface area contributed by atoms with E-state index in [0.717, 1.165) is 25.8 Å². The number of fused-ring (bicyclic) bond motifs is 3. The van der Waals surface area contributed by atoms with Crippen LogP contribution in [-0.4, -0.2) is 26.4 Å². The predicted molar refractivity (Wildman–Crippen MR) is 95.6 cm³/mol. The fourth-order valence-corrected chi connectivity index (χ4v) is 5.50. The highest BCUT2D eigenvalue weighted by Gasteiger charge is 2.41. The van der Waals surface area contributed by atoms with Gasteiger partial charge in [-0.1, -0.05) is 30.3 Å². The van der Waals surface area contributed by atoms with Crippen molar-refractivity contribution in [1.82, 2.24) is 9.58 Å². The van der Waals surface area contributed by atoms with Crippen molar-refractivity contribution in [3.8, 4) is 0 Å². The zero-order valence-electron chi connectivity index (χ0n) is 14.7. The van der Waals surface area contributed by atoms with Crippen LogP contribution in [0.1, 0.15) is 73.7 Å². The Balaban J connectivity index is 1.64. The summed E-state index contributed by atoms with van der Waals surface area (Å²) in [5.74, 6) is 0.715. The van der Waals surface area contributed by atoms with Gasteiger partial charge in [-0.25, -0.2) is 5.21 Å². The van der Waals surface area contributed by atoms with Crippen LogP contribution in [0.5, 0.6) is 0 Å². The van der Waals surface area contributed by atoms with Gasteiger partial charge in [0, 0.05) is 17.4 Å². The largest absolute Gasteiger partial charge is 0.357 e. The smallest absolute Gasteiger partial charge is 0.340 e. The molecule has 0 bridgehead atoms. The van der Waals surface area contributed by atoms with Crippen LogP contribution >= 0.6 is 0 Å². The van der Waals surface area contributed by atoms with E-state index in [1.165, 1.54) is 59.8 Å². The van der Waals surface area contributed by atoms with Gasteiger partial charge in [0.1, 0.15) is 17.5 Å². The van der Waals surface area contributed by atoms with Gasteiger partial charge < -0.3 is 4.57 Å². The normalized spacial score (nSPS) is 23.7. The molecule has 1 aromatic heterocycles. The van der Waals surface area contributed by atoms with Crippen molar-refractivity contribution >= 4 is 10.9 Å². The van der Waals surface area contributed by atoms with E-state index in [-0.39, 0.29) is 11.1 Å². The molecule has 1 fully saturated rings. The second-order valence-corrected chi connectivity index (χ2v) is 7.95. The lowest BCUT2D eigenvalue weighted by molar-refractivity contribution is -0.909. The molecule has 2 aromatic rings. The van der Waals surface area contributed by atoms with Crippen LogP contribution in [0.25, 0.3) is 10.9 Å². The number of hydrogen-bond acceptors (Lipinski definition) is 1. The quantitative estimate of drug-likeness (QED) is 0.821. The van der Waals surface area contributed by atoms with Gasteiger partial charge in [-0.15, -0.1) is 0 Å². The van der Waals surface area contributed by atoms with E-state index < -0.39 is 0 Å². The molecule has 25 heavy (non-hydrogen) atoms. The van der Waals surface area contributed by atoms with E-state index in [1.54, 1.807) is 5.01 Å². The van der Waals surface area contributed by atoms with Crippen LogP contribution in [-0.2, 0) is 13.0 Å². The Labute approximate surface area is 147 Å². The first kappa shape index (κ1) is 15.2. The lowest BCUT2D eigenvalue weighted by atomic mass is 9.83. The molecule has 2 aliphatic carbocycles. The van der Waals surface area contributed by atoms with Crippen LogP contribution < -0.4 is 0 Å². The molecule has 1 N–H and O–H groups in total. The lowest BCUT2D eigenvalue weighted by Crippen LogP contribution is -2.43. The summed E-state index contributed by atoms with van der Waals surface area (Å²) in [4.78, 5) is 11.6. The summed E-state index contributed by atoms with van der Waals surface area (Å²) in [5, 5.41) is 12.5. The average molecular weight is 340 g/mol. The van der Waals surface area contributed by atoms with E-state index in [9.17, 15) is 10.1 Å². The second-order valence-electron chi connectivity index (χ2n) is 7.95. The Kier molecular flexibility index (Phi) is 3.50. The summed E-state index contributed by atoms with van der Waals surface area (Å²) in [6.07, 6.45) is 9.84. The molecule has 132 valence electrons. The third-order valence-electron chi connectivity index (χ3n) is 6.67. The number of hydrogen-bond donors (Lipinski definition) is 1. The molecule has 0 spiro atoms. The van der Waals surface area contributed by atoms with Gasteiger partial charge in [-0.3, -0.25) is 0 Å². The summed E-state index contributed by atoms with van der Waals surface area (Å²) in [6, 6.07) is 7.09. The number of rotatable bonds is 2. The fourth-order valence-electron chi connectivity index (χ4n) is 5.50. The van der Waals surface area contributed by atoms with E-state index in [1.807, 2.05) is 0 Å². The number of hydrazine groups is 1. The molecule has 0 amide bonds. The second kappa shape index (κ2) is 5.75. The van der Waals surface area contributed by atoms with Crippen molar-refractivity contribution in [2.24, 2.45) is 0 Å². The Hall–Kier alpha value is -2.04. The van der Waals surface area contributed by atoms with Gasteiger partial charge in [0.15, 0.2) is 0 Å². The highest BCUT2D eigenvalue weighted by Crippen LogP contribution is 2.43. The highest BCUT2D eigenvalue weighted by molar-refractivity contribution is 5.87. The van der Waals surface area contributed by atoms with E-state index in [2.05, 4.69) is 22.8 Å². The molecular weight excluding hydrogens is 314 g/mol. The minimum Gasteiger partial charge on any atom is -0.340 e. The highest BCUT2D eigenvalue weighted by atomic mass is 16.7. The molecule has 1 unspecified atom stereocenters. The van der Waals surface area contributed by atoms with Crippen LogP contribution in [0.4, 0.5) is 0 Å². The van der Waals surface area contributed by atoms with E-state index in [0.29, 0.717) is 12.5 Å². The fraction of sp³-hybridized carbons (Fsp3) is 0.600. The van der Waals surface area contributed by atoms with Gasteiger partial charge >= 0.3 is 5.03 Å². The molecule has 0 radical (unpaired) electrons. The van der Waals surface area contributed by atoms with Crippen molar-refractivity contribution in [3.63, 3.8) is 0 Å². The molecule has 1 atom stereocenters. The molecule has 0 saturated heterocycles. The topological polar surface area (TPSA) is 48.5 Å². The first-order valence-electron chi connectivity index (χ1n) is 9.81. The Morgan fingerprint density at radius 2 is 1.88 bits per heavy atom. The molecule has 5 rings (SSSR count). The van der Waals surface area contributed by atoms with E-state index >= 15 is 0 Å². The van der Waals surface area contributed by atoms with E-state index in [4.69, 9.17) is 0 Å². The summed E-state index contributed by atoms with van der Waals surface area (Å²) < 4.78 is 2.40. The number of aryl methyl sites for hydroxylation is 1. The zero-order valence-corrected chi connectivity index (χ0v) is 14.7. The Morgan fingerprint density at radius 1 is 1.04 bits per heavy atom. The van der Waals surface area contributed by atoms with Crippen molar-refractivity contribution < 1.29 is 10.2 Å². The third-order valence-corrected chi connectivity index (χ3v) is 6.67. The number of benzene rings is 1. The lowest BCUT2D eigenvalue weighted by Gasteiger charge is -2.32. The van der Waals surface area contributed by atoms with Crippen LogP contribution in [0.15, 0.2) is 18.2 Å². The summed E-state index contributed by atoms with van der Waals surface area (Å²) in [7, 11) is 0. The van der Waals surface area contributed by atoms with Crippen LogP contribution in [0, 0.1) is 4.91 Å². The minimum atomic E-state index is 0.0190. The predicted octanol–water partition coefficient (Wildman–Crippen LogP) is 4.47. The van der Waals surface area contributed by atoms with Gasteiger partial charge in [-0.05, 0) is 61.3 Å².